The highest BCUT2D eigenvalue weighted by molar-refractivity contribution is 7.80. The highest BCUT2D eigenvalue weighted by Crippen LogP contribution is 2.21. The Kier molecular flexibility index (Phi) is 7.85. The maximum Gasteiger partial charge on any atom is 0.340 e. The molecule has 0 aliphatic carbocycles. The van der Waals surface area contributed by atoms with Crippen LogP contribution in [-0.2, 0) is 9.47 Å². The lowest BCUT2D eigenvalue weighted by Gasteiger charge is -2.15. The van der Waals surface area contributed by atoms with Gasteiger partial charge in [-0.1, -0.05) is 0 Å². The summed E-state index contributed by atoms with van der Waals surface area (Å²) in [4.78, 5) is 35.6. The van der Waals surface area contributed by atoms with Crippen LogP contribution in [0.3, 0.4) is 0 Å². The second-order valence-corrected chi connectivity index (χ2v) is 6.32. The third-order valence-corrected chi connectivity index (χ3v) is 4.03. The fraction of sp³-hybridized carbons (Fsp3) is 0.238. The van der Waals surface area contributed by atoms with Gasteiger partial charge in [-0.2, -0.15) is 0 Å². The second kappa shape index (κ2) is 10.3. The van der Waals surface area contributed by atoms with E-state index in [0.717, 1.165) is 0 Å². The summed E-state index contributed by atoms with van der Waals surface area (Å²) in [5.41, 5.74) is 2.06. The van der Waals surface area contributed by atoms with Crippen LogP contribution < -0.4 is 10.6 Å². The molecule has 0 unspecified atom stereocenters. The third-order valence-electron chi connectivity index (χ3n) is 3.82. The molecule has 0 fully saturated rings. The maximum atomic E-state index is 12.2. The first-order valence-electron chi connectivity index (χ1n) is 9.03. The van der Waals surface area contributed by atoms with Crippen molar-refractivity contribution < 1.29 is 23.9 Å². The zero-order chi connectivity index (χ0) is 21.4. The number of ketones is 1. The van der Waals surface area contributed by atoms with E-state index >= 15 is 0 Å². The first-order chi connectivity index (χ1) is 13.8. The van der Waals surface area contributed by atoms with Crippen molar-refractivity contribution in [2.24, 2.45) is 0 Å². The smallest absolute Gasteiger partial charge is 0.340 e. The van der Waals surface area contributed by atoms with E-state index in [2.05, 4.69) is 10.6 Å². The van der Waals surface area contributed by atoms with Crippen molar-refractivity contribution in [3.8, 4) is 0 Å². The molecule has 0 amide bonds. The normalized spacial score (nSPS) is 10.0. The molecule has 0 saturated carbocycles. The summed E-state index contributed by atoms with van der Waals surface area (Å²) >= 11 is 5.32. The highest BCUT2D eigenvalue weighted by atomic mass is 32.1. The van der Waals surface area contributed by atoms with Crippen LogP contribution in [0.25, 0.3) is 0 Å². The Morgan fingerprint density at radius 2 is 1.45 bits per heavy atom. The predicted molar refractivity (Wildman–Crippen MR) is 115 cm³/mol. The van der Waals surface area contributed by atoms with E-state index in [9.17, 15) is 14.4 Å². The van der Waals surface area contributed by atoms with Crippen molar-refractivity contribution in [2.45, 2.75) is 20.8 Å². The standard InChI is InChI=1S/C21H22N2O5S/c1-4-27-19(25)15-8-11-17(20(26)28-5-2)18(12-15)23-21(29)22-16-9-6-14(7-10-16)13(3)24/h6-12H,4-5H2,1-3H3,(H2,22,23,29). The minimum atomic E-state index is -0.543. The molecule has 2 aromatic rings. The molecule has 0 spiro atoms. The van der Waals surface area contributed by atoms with E-state index in [-0.39, 0.29) is 35.2 Å². The summed E-state index contributed by atoms with van der Waals surface area (Å²) < 4.78 is 10.1. The lowest BCUT2D eigenvalue weighted by atomic mass is 10.1. The minimum Gasteiger partial charge on any atom is -0.462 e. The number of hydrogen-bond donors (Lipinski definition) is 2. The van der Waals surface area contributed by atoms with E-state index in [4.69, 9.17) is 21.7 Å². The van der Waals surface area contributed by atoms with Crippen LogP contribution in [0.5, 0.6) is 0 Å². The minimum absolute atomic E-state index is 0.0351. The molecule has 29 heavy (non-hydrogen) atoms. The van der Waals surface area contributed by atoms with Gasteiger partial charge in [0.2, 0.25) is 0 Å². The average Bonchev–Trinajstić information content (AvgIpc) is 2.68. The van der Waals surface area contributed by atoms with Crippen LogP contribution in [-0.4, -0.2) is 36.0 Å². The monoisotopic (exact) mass is 414 g/mol. The fourth-order valence-electron chi connectivity index (χ4n) is 2.45. The Labute approximate surface area is 174 Å². The zero-order valence-corrected chi connectivity index (χ0v) is 17.2. The van der Waals surface area contributed by atoms with E-state index in [1.807, 2.05) is 0 Å². The molecule has 0 radical (unpaired) electrons. The largest absolute Gasteiger partial charge is 0.462 e. The number of nitrogens with one attached hydrogen (secondary N) is 2. The number of benzene rings is 2. The van der Waals surface area contributed by atoms with Crippen molar-refractivity contribution in [2.75, 3.05) is 23.8 Å². The van der Waals surface area contributed by atoms with Crippen LogP contribution in [0, 0.1) is 0 Å². The number of carbonyl (C=O) groups excluding carboxylic acids is 3. The number of esters is 2. The van der Waals surface area contributed by atoms with Crippen molar-refractivity contribution in [3.05, 3.63) is 59.2 Å². The summed E-state index contributed by atoms with van der Waals surface area (Å²) in [7, 11) is 0. The van der Waals surface area contributed by atoms with Gasteiger partial charge in [-0.15, -0.1) is 0 Å². The molecule has 0 atom stereocenters. The molecule has 0 bridgehead atoms. The van der Waals surface area contributed by atoms with E-state index in [1.54, 1.807) is 38.1 Å². The van der Waals surface area contributed by atoms with Crippen LogP contribution >= 0.6 is 12.2 Å². The van der Waals surface area contributed by atoms with Crippen molar-refractivity contribution in [1.29, 1.82) is 0 Å². The number of thiocarbonyl (C=S) groups is 1. The number of ether oxygens (including phenoxy) is 2. The number of rotatable bonds is 7. The number of carbonyl (C=O) groups is 3. The molecule has 0 aromatic heterocycles. The van der Waals surface area contributed by atoms with E-state index in [0.29, 0.717) is 16.9 Å². The molecule has 2 aromatic carbocycles. The Morgan fingerprint density at radius 1 is 0.862 bits per heavy atom. The quantitative estimate of drug-likeness (QED) is 0.398. The predicted octanol–water partition coefficient (Wildman–Crippen LogP) is 4.05. The van der Waals surface area contributed by atoms with Gasteiger partial charge in [-0.05, 0) is 75.5 Å². The number of Topliss-reactive ketones (excluding diaryl/α,β-unsaturated/α-hetero) is 1. The Morgan fingerprint density at radius 3 is 2.03 bits per heavy atom. The topological polar surface area (TPSA) is 93.7 Å². The summed E-state index contributed by atoms with van der Waals surface area (Å²) in [5, 5.41) is 6.09. The summed E-state index contributed by atoms with van der Waals surface area (Å²) in [6.45, 7) is 5.35. The molecule has 152 valence electrons. The fourth-order valence-corrected chi connectivity index (χ4v) is 2.68. The van der Waals surface area contributed by atoms with Gasteiger partial charge < -0.3 is 20.1 Å². The Balaban J connectivity index is 2.23. The van der Waals surface area contributed by atoms with Gasteiger partial charge in [-0.3, -0.25) is 4.79 Å². The van der Waals surface area contributed by atoms with Gasteiger partial charge in [-0.25, -0.2) is 9.59 Å². The van der Waals surface area contributed by atoms with Crippen molar-refractivity contribution in [3.63, 3.8) is 0 Å². The van der Waals surface area contributed by atoms with Gasteiger partial charge in [0.05, 0.1) is 30.0 Å². The molecule has 0 heterocycles. The lowest BCUT2D eigenvalue weighted by Crippen LogP contribution is -2.21. The van der Waals surface area contributed by atoms with Gasteiger partial charge in [0.25, 0.3) is 0 Å². The molecular weight excluding hydrogens is 392 g/mol. The molecule has 7 nitrogen and oxygen atoms in total. The molecule has 2 N–H and O–H groups in total. The average molecular weight is 414 g/mol. The zero-order valence-electron chi connectivity index (χ0n) is 16.4. The first kappa shape index (κ1) is 22.0. The third kappa shape index (κ3) is 6.11. The van der Waals surface area contributed by atoms with Crippen LogP contribution in [0.1, 0.15) is 51.8 Å². The molecule has 8 heteroatoms. The molecule has 2 rings (SSSR count). The molecule has 0 saturated heterocycles. The van der Waals surface area contributed by atoms with Crippen molar-refractivity contribution >= 4 is 46.4 Å². The Bertz CT molecular complexity index is 925. The van der Waals surface area contributed by atoms with Gasteiger partial charge >= 0.3 is 11.9 Å². The van der Waals surface area contributed by atoms with Gasteiger partial charge in [0.15, 0.2) is 10.9 Å². The molecule has 0 aliphatic rings. The van der Waals surface area contributed by atoms with Gasteiger partial charge in [0.1, 0.15) is 0 Å². The molecular formula is C21H22N2O5S. The number of hydrogen-bond acceptors (Lipinski definition) is 6. The SMILES string of the molecule is CCOC(=O)c1ccc(C(=O)OCC)c(NC(=S)Nc2ccc(C(C)=O)cc2)c1. The maximum absolute atomic E-state index is 12.2. The molecule has 0 aliphatic heterocycles. The lowest BCUT2D eigenvalue weighted by molar-refractivity contribution is 0.0512. The summed E-state index contributed by atoms with van der Waals surface area (Å²) in [5.74, 6) is -1.09. The van der Waals surface area contributed by atoms with E-state index in [1.165, 1.54) is 25.1 Å². The van der Waals surface area contributed by atoms with Crippen LogP contribution in [0.15, 0.2) is 42.5 Å². The van der Waals surface area contributed by atoms with E-state index < -0.39 is 11.9 Å². The summed E-state index contributed by atoms with van der Waals surface area (Å²) in [6.07, 6.45) is 0. The second-order valence-electron chi connectivity index (χ2n) is 5.91. The van der Waals surface area contributed by atoms with Crippen molar-refractivity contribution in [1.82, 2.24) is 0 Å². The number of anilines is 2. The highest BCUT2D eigenvalue weighted by Gasteiger charge is 2.17. The van der Waals surface area contributed by atoms with Gasteiger partial charge in [0, 0.05) is 11.3 Å². The van der Waals surface area contributed by atoms with Crippen LogP contribution in [0.2, 0.25) is 0 Å². The first-order valence-corrected chi connectivity index (χ1v) is 9.43. The summed E-state index contributed by atoms with van der Waals surface area (Å²) in [6, 6.07) is 11.2. The van der Waals surface area contributed by atoms with Crippen LogP contribution in [0.4, 0.5) is 11.4 Å². The Hall–Kier alpha value is -3.26.